The predicted octanol–water partition coefficient (Wildman–Crippen LogP) is 8.49. The van der Waals surface area contributed by atoms with Crippen molar-refractivity contribution in [3.8, 4) is 0 Å². The monoisotopic (exact) mass is 554 g/mol. The van der Waals surface area contributed by atoms with Crippen LogP contribution in [-0.4, -0.2) is 13.1 Å². The third kappa shape index (κ3) is 5.33. The lowest BCUT2D eigenvalue weighted by Gasteiger charge is -2.28. The summed E-state index contributed by atoms with van der Waals surface area (Å²) in [6.07, 6.45) is 13.4. The molecule has 0 amide bonds. The lowest BCUT2D eigenvalue weighted by atomic mass is 9.82. The number of allylic oxidation sites excluding steroid dienone is 1. The number of hydrogen-bond donors (Lipinski definition) is 0. The zero-order chi connectivity index (χ0) is 28.3. The van der Waals surface area contributed by atoms with E-state index in [9.17, 15) is 9.59 Å². The van der Waals surface area contributed by atoms with E-state index in [1.165, 1.54) is 60.4 Å². The van der Waals surface area contributed by atoms with Gasteiger partial charge in [0.05, 0.1) is 10.7 Å². The van der Waals surface area contributed by atoms with Crippen LogP contribution < -0.4 is 20.7 Å². The van der Waals surface area contributed by atoms with Crippen molar-refractivity contribution in [1.82, 2.24) is 0 Å². The lowest BCUT2D eigenvalue weighted by molar-refractivity contribution is 0.616. The zero-order valence-corrected chi connectivity index (χ0v) is 25.3. The van der Waals surface area contributed by atoms with Crippen LogP contribution in [0.5, 0.6) is 0 Å². The van der Waals surface area contributed by atoms with Crippen LogP contribution in [0.1, 0.15) is 95.8 Å². The fourth-order valence-electron chi connectivity index (χ4n) is 6.10. The molecular weight excluding hydrogens is 512 g/mol. The van der Waals surface area contributed by atoms with Gasteiger partial charge in [0.25, 0.3) is 0 Å². The summed E-state index contributed by atoms with van der Waals surface area (Å²) >= 11 is 1.70. The number of unbranched alkanes of at least 4 members (excludes halogenated alkanes) is 6. The van der Waals surface area contributed by atoms with Crippen LogP contribution in [0, 0.1) is 0 Å². The molecule has 0 unspecified atom stereocenters. The maximum absolute atomic E-state index is 13.0. The SMILES string of the molecule is CCCCCCN1/C(=C/c2c(/C=C3\N(CCCCCC)c4ccccc4C3(C)C)c(=O)c2=O)Sc2ccccc21. The van der Waals surface area contributed by atoms with Crippen LogP contribution in [0.3, 0.4) is 0 Å². The Bertz CT molecular complexity index is 1490. The molecule has 0 aliphatic carbocycles. The summed E-state index contributed by atoms with van der Waals surface area (Å²) in [4.78, 5) is 32.0. The molecule has 0 saturated heterocycles. The van der Waals surface area contributed by atoms with E-state index in [0.717, 1.165) is 36.7 Å². The van der Waals surface area contributed by atoms with Gasteiger partial charge >= 0.3 is 0 Å². The number of thioether (sulfide) groups is 1. The Labute approximate surface area is 243 Å². The van der Waals surface area contributed by atoms with Gasteiger partial charge in [-0.05, 0) is 48.8 Å². The fraction of sp³-hybridized carbons (Fsp3) is 0.429. The maximum Gasteiger partial charge on any atom is 0.234 e. The van der Waals surface area contributed by atoms with E-state index in [1.54, 1.807) is 11.8 Å². The van der Waals surface area contributed by atoms with E-state index >= 15 is 0 Å². The van der Waals surface area contributed by atoms with Crippen molar-refractivity contribution in [1.29, 1.82) is 0 Å². The van der Waals surface area contributed by atoms with Crippen LogP contribution in [0.25, 0.3) is 12.2 Å². The van der Waals surface area contributed by atoms with Crippen molar-refractivity contribution in [2.75, 3.05) is 22.9 Å². The van der Waals surface area contributed by atoms with E-state index in [4.69, 9.17) is 0 Å². The summed E-state index contributed by atoms with van der Waals surface area (Å²) in [7, 11) is 0. The molecular formula is C35H42N2O2S. The Hall–Kier alpha value is -3.05. The normalized spacial score (nSPS) is 17.8. The second-order valence-electron chi connectivity index (χ2n) is 11.6. The number of para-hydroxylation sites is 2. The van der Waals surface area contributed by atoms with Crippen molar-refractivity contribution in [2.45, 2.75) is 89.4 Å². The van der Waals surface area contributed by atoms with Crippen LogP contribution in [0.4, 0.5) is 11.4 Å². The Kier molecular flexibility index (Phi) is 8.70. The highest BCUT2D eigenvalue weighted by Gasteiger charge is 2.40. The van der Waals surface area contributed by atoms with Gasteiger partial charge in [-0.25, -0.2) is 0 Å². The van der Waals surface area contributed by atoms with E-state index in [-0.39, 0.29) is 16.3 Å². The molecule has 4 nitrogen and oxygen atoms in total. The minimum atomic E-state index is -0.371. The molecule has 3 aromatic rings. The molecule has 0 atom stereocenters. The van der Waals surface area contributed by atoms with Crippen molar-refractivity contribution in [2.24, 2.45) is 0 Å². The minimum absolute atomic E-state index is 0.255. The number of rotatable bonds is 12. The average Bonchev–Trinajstić information content (AvgIpc) is 3.42. The van der Waals surface area contributed by atoms with Gasteiger partial charge in [-0.2, -0.15) is 0 Å². The number of fused-ring (bicyclic) bond motifs is 2. The zero-order valence-electron chi connectivity index (χ0n) is 24.5. The number of nitrogens with zero attached hydrogens (tertiary/aromatic N) is 2. The van der Waals surface area contributed by atoms with Gasteiger partial charge < -0.3 is 9.80 Å². The Morgan fingerprint density at radius 2 is 1.27 bits per heavy atom. The van der Waals surface area contributed by atoms with E-state index in [0.29, 0.717) is 11.1 Å². The summed E-state index contributed by atoms with van der Waals surface area (Å²) in [5.74, 6) is 0. The molecule has 2 heterocycles. The van der Waals surface area contributed by atoms with Gasteiger partial charge in [-0.15, -0.1) is 0 Å². The third-order valence-electron chi connectivity index (χ3n) is 8.44. The lowest BCUT2D eigenvalue weighted by Crippen LogP contribution is -2.38. The highest BCUT2D eigenvalue weighted by molar-refractivity contribution is 8.03. The molecule has 0 bridgehead atoms. The van der Waals surface area contributed by atoms with Crippen molar-refractivity contribution in [3.63, 3.8) is 0 Å². The third-order valence-corrected chi connectivity index (χ3v) is 9.55. The Morgan fingerprint density at radius 1 is 0.700 bits per heavy atom. The van der Waals surface area contributed by atoms with Crippen molar-refractivity contribution >= 4 is 35.3 Å². The predicted molar refractivity (Wildman–Crippen MR) is 172 cm³/mol. The first kappa shape index (κ1) is 28.5. The Morgan fingerprint density at radius 3 is 1.95 bits per heavy atom. The number of anilines is 2. The molecule has 40 heavy (non-hydrogen) atoms. The maximum atomic E-state index is 13.0. The largest absolute Gasteiger partial charge is 0.344 e. The summed E-state index contributed by atoms with van der Waals surface area (Å²) in [6, 6.07) is 17.0. The molecule has 0 N–H and O–H groups in total. The van der Waals surface area contributed by atoms with Crippen LogP contribution >= 0.6 is 11.8 Å². The topological polar surface area (TPSA) is 40.6 Å². The second-order valence-corrected chi connectivity index (χ2v) is 12.7. The summed E-state index contributed by atoms with van der Waals surface area (Å²) < 4.78 is 0. The second kappa shape index (κ2) is 12.2. The van der Waals surface area contributed by atoms with Crippen LogP contribution in [-0.2, 0) is 5.41 Å². The minimum Gasteiger partial charge on any atom is -0.344 e. The fourth-order valence-corrected chi connectivity index (χ4v) is 7.23. The van der Waals surface area contributed by atoms with Crippen LogP contribution in [0.2, 0.25) is 0 Å². The Balaban J connectivity index is 1.50. The summed E-state index contributed by atoms with van der Waals surface area (Å²) in [5.41, 5.74) is 4.89. The molecule has 0 saturated carbocycles. The molecule has 5 heteroatoms. The molecule has 0 fully saturated rings. The number of hydrogen-bond acceptors (Lipinski definition) is 5. The number of benzene rings is 2. The standard InChI is InChI=1S/C35H42N2O2S/c1-5-7-9-15-21-36-28-18-12-11-17-27(28)35(3,4)31(36)23-25-26(34(39)33(25)38)24-32-37(22-16-10-8-6-2)29-19-13-14-20-30(29)40-32/h11-14,17-20,23-24H,5-10,15-16,21-22H2,1-4H3/b31-23-,32-24-. The van der Waals surface area contributed by atoms with E-state index in [2.05, 4.69) is 86.0 Å². The quantitative estimate of drug-likeness (QED) is 0.166. The first-order chi connectivity index (χ1) is 19.4. The van der Waals surface area contributed by atoms with Crippen LogP contribution in [0.15, 0.2) is 73.7 Å². The molecule has 2 aliphatic rings. The molecule has 3 aromatic carbocycles. The van der Waals surface area contributed by atoms with Gasteiger partial charge in [0.15, 0.2) is 0 Å². The van der Waals surface area contributed by atoms with Gasteiger partial charge in [0.2, 0.25) is 10.9 Å². The summed E-state index contributed by atoms with van der Waals surface area (Å²) in [5, 5.41) is 1.04. The van der Waals surface area contributed by atoms with Gasteiger partial charge in [0, 0.05) is 45.9 Å². The first-order valence-electron chi connectivity index (χ1n) is 15.1. The molecule has 210 valence electrons. The van der Waals surface area contributed by atoms with Gasteiger partial charge in [-0.1, -0.05) is 108 Å². The van der Waals surface area contributed by atoms with Crippen molar-refractivity contribution in [3.05, 3.63) is 96.4 Å². The highest BCUT2D eigenvalue weighted by atomic mass is 32.2. The highest BCUT2D eigenvalue weighted by Crippen LogP contribution is 2.49. The molecule has 0 aromatic heterocycles. The first-order valence-corrected chi connectivity index (χ1v) is 15.9. The summed E-state index contributed by atoms with van der Waals surface area (Å²) in [6.45, 7) is 10.7. The average molecular weight is 555 g/mol. The van der Waals surface area contributed by atoms with E-state index < -0.39 is 0 Å². The molecule has 2 aliphatic heterocycles. The van der Waals surface area contributed by atoms with E-state index in [1.807, 2.05) is 12.2 Å². The molecule has 5 rings (SSSR count). The van der Waals surface area contributed by atoms with Crippen molar-refractivity contribution < 1.29 is 0 Å². The van der Waals surface area contributed by atoms with Gasteiger partial charge in [0.1, 0.15) is 0 Å². The van der Waals surface area contributed by atoms with Gasteiger partial charge in [-0.3, -0.25) is 9.59 Å². The molecule has 0 radical (unpaired) electrons. The smallest absolute Gasteiger partial charge is 0.234 e. The molecule has 0 spiro atoms.